The van der Waals surface area contributed by atoms with Crippen LogP contribution in [0.25, 0.3) is 33.5 Å². The normalized spacial score (nSPS) is 12.6. The second kappa shape index (κ2) is 9.45. The summed E-state index contributed by atoms with van der Waals surface area (Å²) in [6, 6.07) is 15.9. The van der Waals surface area contributed by atoms with E-state index in [4.69, 9.17) is 9.15 Å². The van der Waals surface area contributed by atoms with Crippen LogP contribution in [-0.4, -0.2) is 26.3 Å². The molecule has 0 bridgehead atoms. The summed E-state index contributed by atoms with van der Waals surface area (Å²) >= 11 is 0. The number of carbonyl (C=O) groups excluding carboxylic acids is 1. The molecule has 0 saturated heterocycles. The fourth-order valence-corrected chi connectivity index (χ4v) is 4.49. The first-order chi connectivity index (χ1) is 18.0. The zero-order chi connectivity index (χ0) is 27.2. The van der Waals surface area contributed by atoms with Gasteiger partial charge >= 0.3 is 5.97 Å². The summed E-state index contributed by atoms with van der Waals surface area (Å²) in [5.74, 6) is -0.0349. The first-order valence-corrected chi connectivity index (χ1v) is 12.5. The molecule has 0 spiro atoms. The van der Waals surface area contributed by atoms with Gasteiger partial charge in [-0.2, -0.15) is 5.10 Å². The highest BCUT2D eigenvalue weighted by molar-refractivity contribution is 5.96. The van der Waals surface area contributed by atoms with E-state index in [0.717, 1.165) is 16.6 Å². The number of esters is 1. The van der Waals surface area contributed by atoms with E-state index in [1.807, 2.05) is 78.1 Å². The summed E-state index contributed by atoms with van der Waals surface area (Å²) < 4.78 is 13.7. The van der Waals surface area contributed by atoms with Crippen molar-refractivity contribution in [3.63, 3.8) is 0 Å². The van der Waals surface area contributed by atoms with Crippen LogP contribution in [0.15, 0.2) is 70.0 Å². The summed E-state index contributed by atoms with van der Waals surface area (Å²) in [6.45, 7) is 9.41. The van der Waals surface area contributed by atoms with Crippen molar-refractivity contribution in [1.82, 2.24) is 14.8 Å². The summed E-state index contributed by atoms with van der Waals surface area (Å²) in [5, 5.41) is 8.16. The van der Waals surface area contributed by atoms with Crippen molar-refractivity contribution >= 4 is 33.7 Å². The molecule has 0 saturated carbocycles. The molecule has 0 fully saturated rings. The number of benzene rings is 2. The molecule has 38 heavy (non-hydrogen) atoms. The van der Waals surface area contributed by atoms with Crippen molar-refractivity contribution < 1.29 is 13.9 Å². The van der Waals surface area contributed by atoms with Crippen LogP contribution in [0.2, 0.25) is 0 Å². The minimum atomic E-state index is -0.616. The van der Waals surface area contributed by atoms with Gasteiger partial charge in [0.1, 0.15) is 22.4 Å². The van der Waals surface area contributed by atoms with Crippen LogP contribution in [0.5, 0.6) is 0 Å². The third-order valence-corrected chi connectivity index (χ3v) is 6.24. The Bertz CT molecular complexity index is 1740. The molecule has 3 aromatic heterocycles. The number of hydrogen-bond acceptors (Lipinski definition) is 7. The van der Waals surface area contributed by atoms with Gasteiger partial charge in [0.2, 0.25) is 0 Å². The number of aryl methyl sites for hydroxylation is 2. The Morgan fingerprint density at radius 3 is 2.63 bits per heavy atom. The molecule has 0 amide bonds. The number of aromatic nitrogens is 3. The van der Waals surface area contributed by atoms with E-state index >= 15 is 0 Å². The predicted molar refractivity (Wildman–Crippen MR) is 148 cm³/mol. The fourth-order valence-electron chi connectivity index (χ4n) is 4.49. The number of nitrogens with zero attached hydrogens (tertiary/aromatic N) is 3. The Morgan fingerprint density at radius 1 is 1.11 bits per heavy atom. The number of carbonyl (C=O) groups is 1. The van der Waals surface area contributed by atoms with Crippen LogP contribution < -0.4 is 10.7 Å². The average molecular weight is 511 g/mol. The van der Waals surface area contributed by atoms with Gasteiger partial charge < -0.3 is 14.5 Å². The third-order valence-electron chi connectivity index (χ3n) is 6.24. The molecule has 0 aliphatic carbocycles. The summed E-state index contributed by atoms with van der Waals surface area (Å²) in [5.41, 5.74) is 4.63. The van der Waals surface area contributed by atoms with Gasteiger partial charge in [0.15, 0.2) is 11.2 Å². The van der Waals surface area contributed by atoms with E-state index in [9.17, 15) is 9.59 Å². The van der Waals surface area contributed by atoms with Gasteiger partial charge in [-0.3, -0.25) is 9.48 Å². The zero-order valence-electron chi connectivity index (χ0n) is 22.3. The number of nitrogens with one attached hydrogen (secondary N) is 1. The second-order valence-electron chi connectivity index (χ2n) is 10.5. The molecule has 1 unspecified atom stereocenters. The molecule has 194 valence electrons. The highest BCUT2D eigenvalue weighted by Crippen LogP contribution is 2.31. The van der Waals surface area contributed by atoms with Crippen LogP contribution in [-0.2, 0) is 11.8 Å². The SMILES string of the molecule is Cc1cc(C(C)Nc2ccccc2C(=O)OC(C)(C)C)c2oc(-c3ccc4c(cnn4C)n3)cc(=O)c2c1. The first kappa shape index (κ1) is 25.2. The molecule has 0 aliphatic heterocycles. The van der Waals surface area contributed by atoms with Gasteiger partial charge in [0, 0.05) is 24.4 Å². The lowest BCUT2D eigenvalue weighted by molar-refractivity contribution is 0.00706. The van der Waals surface area contributed by atoms with E-state index in [2.05, 4.69) is 15.4 Å². The maximum atomic E-state index is 13.2. The van der Waals surface area contributed by atoms with Crippen molar-refractivity contribution in [3.8, 4) is 11.5 Å². The lowest BCUT2D eigenvalue weighted by Gasteiger charge is -2.22. The number of anilines is 1. The molecule has 3 heterocycles. The molecular weight excluding hydrogens is 480 g/mol. The van der Waals surface area contributed by atoms with Gasteiger partial charge in [-0.15, -0.1) is 0 Å². The third kappa shape index (κ3) is 4.89. The number of pyridine rings is 1. The predicted octanol–water partition coefficient (Wildman–Crippen LogP) is 6.18. The van der Waals surface area contributed by atoms with Gasteiger partial charge in [0.25, 0.3) is 0 Å². The lowest BCUT2D eigenvalue weighted by atomic mass is 10.0. The average Bonchev–Trinajstić information content (AvgIpc) is 3.23. The number of fused-ring (bicyclic) bond motifs is 2. The molecule has 1 N–H and O–H groups in total. The highest BCUT2D eigenvalue weighted by atomic mass is 16.6. The Morgan fingerprint density at radius 2 is 1.87 bits per heavy atom. The number of ether oxygens (including phenoxy) is 1. The molecular formula is C30H30N4O4. The Balaban J connectivity index is 1.57. The summed E-state index contributed by atoms with van der Waals surface area (Å²) in [4.78, 5) is 30.7. The molecule has 5 rings (SSSR count). The number of hydrogen-bond donors (Lipinski definition) is 1. The standard InChI is InChI=1S/C30H30N4O4/c1-17-13-20(18(2)32-22-10-8-7-9-19(22)29(36)38-30(3,4)5)28-21(14-17)26(35)15-27(37-28)23-11-12-25-24(33-23)16-31-34(25)6/h7-16,18,32H,1-6H3. The largest absolute Gasteiger partial charge is 0.456 e. The monoisotopic (exact) mass is 510 g/mol. The molecule has 8 nitrogen and oxygen atoms in total. The van der Waals surface area contributed by atoms with E-state index in [-0.39, 0.29) is 11.5 Å². The van der Waals surface area contributed by atoms with E-state index < -0.39 is 11.6 Å². The van der Waals surface area contributed by atoms with E-state index in [1.54, 1.807) is 23.0 Å². The Hall–Kier alpha value is -4.46. The van der Waals surface area contributed by atoms with Gasteiger partial charge in [-0.25, -0.2) is 9.78 Å². The number of rotatable bonds is 5. The quantitative estimate of drug-likeness (QED) is 0.282. The first-order valence-electron chi connectivity index (χ1n) is 12.5. The van der Waals surface area contributed by atoms with Crippen molar-refractivity contribution in [2.45, 2.75) is 46.3 Å². The number of para-hydroxylation sites is 1. The summed E-state index contributed by atoms with van der Waals surface area (Å²) in [7, 11) is 1.85. The van der Waals surface area contributed by atoms with Crippen LogP contribution in [0.3, 0.4) is 0 Å². The summed E-state index contributed by atoms with van der Waals surface area (Å²) in [6.07, 6.45) is 1.68. The fraction of sp³-hybridized carbons (Fsp3) is 0.267. The van der Waals surface area contributed by atoms with Crippen molar-refractivity contribution in [1.29, 1.82) is 0 Å². The molecule has 0 radical (unpaired) electrons. The van der Waals surface area contributed by atoms with E-state index in [0.29, 0.717) is 39.2 Å². The Kier molecular flexibility index (Phi) is 6.26. The van der Waals surface area contributed by atoms with Crippen LogP contribution in [0, 0.1) is 6.92 Å². The van der Waals surface area contributed by atoms with Crippen molar-refractivity contribution in [2.24, 2.45) is 7.05 Å². The Labute approximate surface area is 220 Å². The molecule has 5 aromatic rings. The highest BCUT2D eigenvalue weighted by Gasteiger charge is 2.22. The lowest BCUT2D eigenvalue weighted by Crippen LogP contribution is -2.24. The van der Waals surface area contributed by atoms with Crippen molar-refractivity contribution in [3.05, 3.63) is 87.7 Å². The smallest absolute Gasteiger partial charge is 0.340 e. The van der Waals surface area contributed by atoms with E-state index in [1.165, 1.54) is 6.07 Å². The maximum absolute atomic E-state index is 13.2. The molecule has 1 atom stereocenters. The van der Waals surface area contributed by atoms with Gasteiger partial charge in [0.05, 0.1) is 28.7 Å². The van der Waals surface area contributed by atoms with Crippen LogP contribution in [0.4, 0.5) is 5.69 Å². The van der Waals surface area contributed by atoms with Gasteiger partial charge in [-0.05, 0) is 70.5 Å². The molecule has 8 heteroatoms. The van der Waals surface area contributed by atoms with Gasteiger partial charge in [-0.1, -0.05) is 18.2 Å². The van der Waals surface area contributed by atoms with Crippen LogP contribution in [0.1, 0.15) is 55.2 Å². The minimum Gasteiger partial charge on any atom is -0.456 e. The zero-order valence-corrected chi connectivity index (χ0v) is 22.3. The van der Waals surface area contributed by atoms with Crippen molar-refractivity contribution in [2.75, 3.05) is 5.32 Å². The van der Waals surface area contributed by atoms with Crippen LogP contribution >= 0.6 is 0 Å². The maximum Gasteiger partial charge on any atom is 0.340 e. The minimum absolute atomic E-state index is 0.152. The molecule has 2 aromatic carbocycles. The molecule has 0 aliphatic rings. The second-order valence-corrected chi connectivity index (χ2v) is 10.5. The topological polar surface area (TPSA) is 99.2 Å².